The first-order chi connectivity index (χ1) is 7.22. The maximum atomic E-state index is 12.8. The van der Waals surface area contributed by atoms with Crippen LogP contribution < -0.4 is 0 Å². The third-order valence-electron chi connectivity index (χ3n) is 2.37. The fraction of sp³-hybridized carbons (Fsp3) is 0.500. The van der Waals surface area contributed by atoms with Crippen LogP contribution in [-0.2, 0) is 6.42 Å². The summed E-state index contributed by atoms with van der Waals surface area (Å²) in [5, 5.41) is 8.66. The van der Waals surface area contributed by atoms with Crippen molar-refractivity contribution >= 4 is 0 Å². The Morgan fingerprint density at radius 2 is 2.13 bits per heavy atom. The van der Waals surface area contributed by atoms with Crippen molar-refractivity contribution in [1.29, 1.82) is 0 Å². The zero-order valence-corrected chi connectivity index (χ0v) is 9.12. The van der Waals surface area contributed by atoms with E-state index in [1.807, 2.05) is 13.1 Å². The molecule has 0 unspecified atom stereocenters. The molecule has 0 fully saturated rings. The zero-order chi connectivity index (χ0) is 11.1. The number of rotatable bonds is 6. The first-order valence-corrected chi connectivity index (χ1v) is 5.26. The minimum Gasteiger partial charge on any atom is -0.396 e. The van der Waals surface area contributed by atoms with Gasteiger partial charge >= 0.3 is 0 Å². The predicted molar refractivity (Wildman–Crippen MR) is 59.3 cm³/mol. The number of aliphatic hydroxyl groups is 1. The molecule has 0 aromatic heterocycles. The van der Waals surface area contributed by atoms with Crippen molar-refractivity contribution in [3.8, 4) is 0 Å². The lowest BCUT2D eigenvalue weighted by atomic mass is 10.1. The highest BCUT2D eigenvalue weighted by atomic mass is 19.1. The van der Waals surface area contributed by atoms with Crippen LogP contribution in [0.25, 0.3) is 0 Å². The third kappa shape index (κ3) is 4.91. The van der Waals surface area contributed by atoms with E-state index in [4.69, 9.17) is 5.11 Å². The summed E-state index contributed by atoms with van der Waals surface area (Å²) in [6.07, 6.45) is 1.64. The SMILES string of the molecule is CN(CCCO)CCc1cccc(F)c1. The smallest absolute Gasteiger partial charge is 0.123 e. The van der Waals surface area contributed by atoms with Gasteiger partial charge in [-0.3, -0.25) is 0 Å². The molecule has 0 atom stereocenters. The lowest BCUT2D eigenvalue weighted by Gasteiger charge is -2.15. The van der Waals surface area contributed by atoms with E-state index >= 15 is 0 Å². The summed E-state index contributed by atoms with van der Waals surface area (Å²) in [6, 6.07) is 6.69. The van der Waals surface area contributed by atoms with E-state index in [0.717, 1.165) is 31.5 Å². The van der Waals surface area contributed by atoms with Crippen molar-refractivity contribution in [2.24, 2.45) is 0 Å². The first-order valence-electron chi connectivity index (χ1n) is 5.26. The minimum absolute atomic E-state index is 0.175. The Labute approximate surface area is 90.3 Å². The van der Waals surface area contributed by atoms with Crippen LogP contribution in [0.2, 0.25) is 0 Å². The lowest BCUT2D eigenvalue weighted by molar-refractivity contribution is 0.248. The van der Waals surface area contributed by atoms with Gasteiger partial charge in [0.2, 0.25) is 0 Å². The van der Waals surface area contributed by atoms with E-state index < -0.39 is 0 Å². The van der Waals surface area contributed by atoms with Gasteiger partial charge < -0.3 is 10.0 Å². The molecule has 0 spiro atoms. The van der Waals surface area contributed by atoms with Gasteiger partial charge in [0.1, 0.15) is 5.82 Å². The molecule has 0 heterocycles. The van der Waals surface area contributed by atoms with Gasteiger partial charge in [-0.05, 0) is 37.6 Å². The Balaban J connectivity index is 2.30. The van der Waals surface area contributed by atoms with Crippen LogP contribution in [-0.4, -0.2) is 36.8 Å². The molecule has 15 heavy (non-hydrogen) atoms. The molecule has 0 bridgehead atoms. The van der Waals surface area contributed by atoms with Crippen LogP contribution in [0.4, 0.5) is 4.39 Å². The summed E-state index contributed by atoms with van der Waals surface area (Å²) in [5.41, 5.74) is 1.02. The second-order valence-corrected chi connectivity index (χ2v) is 3.76. The Morgan fingerprint density at radius 1 is 1.33 bits per heavy atom. The average Bonchev–Trinajstić information content (AvgIpc) is 2.23. The molecule has 0 aliphatic heterocycles. The van der Waals surface area contributed by atoms with Crippen molar-refractivity contribution in [2.75, 3.05) is 26.7 Å². The summed E-state index contributed by atoms with van der Waals surface area (Å²) >= 11 is 0. The fourth-order valence-electron chi connectivity index (χ4n) is 1.46. The summed E-state index contributed by atoms with van der Waals surface area (Å²) in [4.78, 5) is 2.14. The second kappa shape index (κ2) is 6.53. The van der Waals surface area contributed by atoms with Crippen LogP contribution in [0.15, 0.2) is 24.3 Å². The number of nitrogens with zero attached hydrogens (tertiary/aromatic N) is 1. The van der Waals surface area contributed by atoms with E-state index in [-0.39, 0.29) is 12.4 Å². The summed E-state index contributed by atoms with van der Waals surface area (Å²) < 4.78 is 12.8. The fourth-order valence-corrected chi connectivity index (χ4v) is 1.46. The zero-order valence-electron chi connectivity index (χ0n) is 9.12. The van der Waals surface area contributed by atoms with Gasteiger partial charge in [0.15, 0.2) is 0 Å². The quantitative estimate of drug-likeness (QED) is 0.774. The normalized spacial score (nSPS) is 10.9. The molecule has 1 aromatic rings. The molecule has 1 aromatic carbocycles. The number of aliphatic hydroxyl groups excluding tert-OH is 1. The molecule has 0 saturated heterocycles. The van der Waals surface area contributed by atoms with Gasteiger partial charge in [0.25, 0.3) is 0 Å². The Hall–Kier alpha value is -0.930. The summed E-state index contributed by atoms with van der Waals surface area (Å²) in [7, 11) is 2.01. The van der Waals surface area contributed by atoms with Gasteiger partial charge in [-0.15, -0.1) is 0 Å². The molecule has 0 saturated carbocycles. The molecule has 84 valence electrons. The van der Waals surface area contributed by atoms with Gasteiger partial charge in [-0.2, -0.15) is 0 Å². The van der Waals surface area contributed by atoms with Gasteiger partial charge in [0.05, 0.1) is 0 Å². The number of hydrogen-bond donors (Lipinski definition) is 1. The van der Waals surface area contributed by atoms with Crippen molar-refractivity contribution in [3.63, 3.8) is 0 Å². The largest absolute Gasteiger partial charge is 0.396 e. The maximum absolute atomic E-state index is 12.8. The van der Waals surface area contributed by atoms with Crippen LogP contribution in [0.5, 0.6) is 0 Å². The second-order valence-electron chi connectivity index (χ2n) is 3.76. The van der Waals surface area contributed by atoms with E-state index in [0.29, 0.717) is 0 Å². The van der Waals surface area contributed by atoms with Crippen LogP contribution in [0, 0.1) is 5.82 Å². The Morgan fingerprint density at radius 3 is 2.80 bits per heavy atom. The molecule has 0 radical (unpaired) electrons. The van der Waals surface area contributed by atoms with Crippen molar-refractivity contribution in [3.05, 3.63) is 35.6 Å². The number of likely N-dealkylation sites (N-methyl/N-ethyl adjacent to an activating group) is 1. The van der Waals surface area contributed by atoms with Crippen molar-refractivity contribution in [2.45, 2.75) is 12.8 Å². The highest BCUT2D eigenvalue weighted by Crippen LogP contribution is 2.04. The summed E-state index contributed by atoms with van der Waals surface area (Å²) in [6.45, 7) is 2.00. The van der Waals surface area contributed by atoms with Crippen molar-refractivity contribution in [1.82, 2.24) is 4.90 Å². The Bertz CT molecular complexity index is 291. The van der Waals surface area contributed by atoms with E-state index in [9.17, 15) is 4.39 Å². The molecule has 1 rings (SSSR count). The molecule has 0 aliphatic carbocycles. The lowest BCUT2D eigenvalue weighted by Crippen LogP contribution is -2.23. The molecule has 0 aliphatic rings. The molecule has 2 nitrogen and oxygen atoms in total. The first kappa shape index (κ1) is 12.1. The van der Waals surface area contributed by atoms with Crippen LogP contribution >= 0.6 is 0 Å². The van der Waals surface area contributed by atoms with Crippen molar-refractivity contribution < 1.29 is 9.50 Å². The molecular weight excluding hydrogens is 193 g/mol. The van der Waals surface area contributed by atoms with Gasteiger partial charge in [-0.25, -0.2) is 4.39 Å². The van der Waals surface area contributed by atoms with Crippen LogP contribution in [0.3, 0.4) is 0 Å². The monoisotopic (exact) mass is 211 g/mol. The van der Waals surface area contributed by atoms with Crippen LogP contribution in [0.1, 0.15) is 12.0 Å². The minimum atomic E-state index is -0.175. The van der Waals surface area contributed by atoms with Gasteiger partial charge in [0, 0.05) is 19.7 Å². The van der Waals surface area contributed by atoms with Gasteiger partial charge in [-0.1, -0.05) is 12.1 Å². The summed E-state index contributed by atoms with van der Waals surface area (Å²) in [5.74, 6) is -0.175. The molecule has 1 N–H and O–H groups in total. The Kier molecular flexibility index (Phi) is 5.29. The molecular formula is C12H18FNO. The van der Waals surface area contributed by atoms with E-state index in [1.54, 1.807) is 12.1 Å². The average molecular weight is 211 g/mol. The maximum Gasteiger partial charge on any atom is 0.123 e. The molecule has 0 amide bonds. The van der Waals surface area contributed by atoms with E-state index in [1.165, 1.54) is 6.07 Å². The highest BCUT2D eigenvalue weighted by Gasteiger charge is 1.99. The topological polar surface area (TPSA) is 23.5 Å². The highest BCUT2D eigenvalue weighted by molar-refractivity contribution is 5.16. The van der Waals surface area contributed by atoms with E-state index in [2.05, 4.69) is 4.90 Å². The predicted octanol–water partition coefficient (Wildman–Crippen LogP) is 1.68. The number of hydrogen-bond acceptors (Lipinski definition) is 2. The third-order valence-corrected chi connectivity index (χ3v) is 2.37. The molecule has 3 heteroatoms. The number of halogens is 1. The standard InChI is InChI=1S/C12H18FNO/c1-14(7-3-9-15)8-6-11-4-2-5-12(13)10-11/h2,4-5,10,15H,3,6-9H2,1H3. The number of benzene rings is 1.